The van der Waals surface area contributed by atoms with Crippen molar-refractivity contribution in [2.24, 2.45) is 0 Å². The largest absolute Gasteiger partial charge is 0.496 e. The molecule has 1 aromatic heterocycles. The molecule has 1 heterocycles. The number of methoxy groups -OCH3 is 1. The molecule has 0 radical (unpaired) electrons. The van der Waals surface area contributed by atoms with Crippen LogP contribution in [0.15, 0.2) is 59.8 Å². The molecule has 124 valence electrons. The zero-order valence-corrected chi connectivity index (χ0v) is 14.8. The molecule has 5 heteroatoms. The second-order valence-corrected chi connectivity index (χ2v) is 6.40. The molecule has 2 aromatic carbocycles. The Kier molecular flexibility index (Phi) is 5.54. The lowest BCUT2D eigenvalue weighted by molar-refractivity contribution is 0.416. The van der Waals surface area contributed by atoms with E-state index in [4.69, 9.17) is 4.74 Å². The van der Waals surface area contributed by atoms with Gasteiger partial charge in [-0.1, -0.05) is 54.2 Å². The van der Waals surface area contributed by atoms with Crippen LogP contribution in [0.1, 0.15) is 12.5 Å². The first-order valence-electron chi connectivity index (χ1n) is 8.06. The minimum Gasteiger partial charge on any atom is -0.496 e. The van der Waals surface area contributed by atoms with E-state index in [-0.39, 0.29) is 0 Å². The van der Waals surface area contributed by atoms with Gasteiger partial charge in [-0.25, -0.2) is 0 Å². The fourth-order valence-corrected chi connectivity index (χ4v) is 3.60. The molecule has 0 aliphatic carbocycles. The summed E-state index contributed by atoms with van der Waals surface area (Å²) in [6.07, 6.45) is 1.02. The smallest absolute Gasteiger partial charge is 0.191 e. The zero-order valence-electron chi connectivity index (χ0n) is 14.0. The first-order chi connectivity index (χ1) is 11.8. The van der Waals surface area contributed by atoms with Crippen LogP contribution >= 0.6 is 11.8 Å². The van der Waals surface area contributed by atoms with Crippen molar-refractivity contribution in [2.45, 2.75) is 25.0 Å². The van der Waals surface area contributed by atoms with Gasteiger partial charge in [-0.3, -0.25) is 0 Å². The molecule has 4 nitrogen and oxygen atoms in total. The van der Waals surface area contributed by atoms with Crippen molar-refractivity contribution in [1.29, 1.82) is 0 Å². The number of aryl methyl sites for hydroxylation is 1. The minimum absolute atomic E-state index is 0.820. The average Bonchev–Trinajstić information content (AvgIpc) is 3.05. The Balaban J connectivity index is 1.77. The van der Waals surface area contributed by atoms with Crippen LogP contribution in [0, 0.1) is 0 Å². The van der Waals surface area contributed by atoms with Crippen LogP contribution in [0.25, 0.3) is 11.4 Å². The van der Waals surface area contributed by atoms with Gasteiger partial charge in [0, 0.05) is 12.3 Å². The third-order valence-electron chi connectivity index (χ3n) is 3.85. The van der Waals surface area contributed by atoms with Gasteiger partial charge in [-0.15, -0.1) is 10.2 Å². The van der Waals surface area contributed by atoms with Crippen molar-refractivity contribution < 1.29 is 4.74 Å². The molecule has 24 heavy (non-hydrogen) atoms. The number of para-hydroxylation sites is 1. The van der Waals surface area contributed by atoms with Crippen molar-refractivity contribution in [3.8, 4) is 17.1 Å². The Labute approximate surface area is 146 Å². The van der Waals surface area contributed by atoms with Gasteiger partial charge in [0.15, 0.2) is 11.0 Å². The van der Waals surface area contributed by atoms with E-state index in [1.807, 2.05) is 30.3 Å². The minimum atomic E-state index is 0.820. The van der Waals surface area contributed by atoms with E-state index in [2.05, 4.69) is 46.0 Å². The monoisotopic (exact) mass is 339 g/mol. The highest BCUT2D eigenvalue weighted by Crippen LogP contribution is 2.30. The number of hydrogen-bond acceptors (Lipinski definition) is 4. The molecule has 0 saturated carbocycles. The third kappa shape index (κ3) is 3.62. The van der Waals surface area contributed by atoms with E-state index < -0.39 is 0 Å². The van der Waals surface area contributed by atoms with Crippen molar-refractivity contribution in [1.82, 2.24) is 14.8 Å². The quantitative estimate of drug-likeness (QED) is 0.602. The van der Waals surface area contributed by atoms with Crippen LogP contribution in [-0.4, -0.2) is 27.6 Å². The first kappa shape index (κ1) is 16.6. The van der Waals surface area contributed by atoms with Crippen LogP contribution in [0.4, 0.5) is 0 Å². The van der Waals surface area contributed by atoms with Crippen LogP contribution in [-0.2, 0) is 13.0 Å². The fourth-order valence-electron chi connectivity index (χ4n) is 2.61. The Hall–Kier alpha value is -2.27. The lowest BCUT2D eigenvalue weighted by Crippen LogP contribution is -2.01. The number of thioether (sulfide) groups is 1. The van der Waals surface area contributed by atoms with Crippen LogP contribution in [0.5, 0.6) is 5.75 Å². The molecular formula is C19H21N3OS. The maximum Gasteiger partial charge on any atom is 0.191 e. The van der Waals surface area contributed by atoms with Crippen LogP contribution in [0.3, 0.4) is 0 Å². The van der Waals surface area contributed by atoms with Crippen molar-refractivity contribution in [2.75, 3.05) is 12.9 Å². The van der Waals surface area contributed by atoms with E-state index in [0.717, 1.165) is 41.0 Å². The SMILES string of the molecule is CCn1c(SCCc2ccccc2)nnc1-c1ccccc1OC. The number of ether oxygens (including phenoxy) is 1. The highest BCUT2D eigenvalue weighted by Gasteiger charge is 2.16. The zero-order chi connectivity index (χ0) is 16.8. The maximum atomic E-state index is 5.46. The molecule has 0 aliphatic heterocycles. The van der Waals surface area contributed by atoms with Gasteiger partial charge in [0.2, 0.25) is 0 Å². The molecule has 0 atom stereocenters. The highest BCUT2D eigenvalue weighted by atomic mass is 32.2. The van der Waals surface area contributed by atoms with Gasteiger partial charge in [-0.2, -0.15) is 0 Å². The summed E-state index contributed by atoms with van der Waals surface area (Å²) in [5.74, 6) is 2.66. The topological polar surface area (TPSA) is 39.9 Å². The van der Waals surface area contributed by atoms with Gasteiger partial charge in [0.05, 0.1) is 12.7 Å². The summed E-state index contributed by atoms with van der Waals surface area (Å²) in [5, 5.41) is 9.75. The summed E-state index contributed by atoms with van der Waals surface area (Å²) in [6.45, 7) is 2.94. The fraction of sp³-hybridized carbons (Fsp3) is 0.263. The Morgan fingerprint density at radius 3 is 2.50 bits per heavy atom. The molecule has 0 N–H and O–H groups in total. The third-order valence-corrected chi connectivity index (χ3v) is 4.81. The summed E-state index contributed by atoms with van der Waals surface area (Å²) < 4.78 is 7.61. The number of aromatic nitrogens is 3. The summed E-state index contributed by atoms with van der Waals surface area (Å²) in [4.78, 5) is 0. The lowest BCUT2D eigenvalue weighted by Gasteiger charge is -2.10. The molecular weight excluding hydrogens is 318 g/mol. The average molecular weight is 339 g/mol. The van der Waals surface area contributed by atoms with Gasteiger partial charge in [0.25, 0.3) is 0 Å². The van der Waals surface area contributed by atoms with E-state index in [9.17, 15) is 0 Å². The van der Waals surface area contributed by atoms with E-state index in [1.54, 1.807) is 18.9 Å². The number of rotatable bonds is 7. The Morgan fingerprint density at radius 2 is 1.75 bits per heavy atom. The van der Waals surface area contributed by atoms with Gasteiger partial charge in [0.1, 0.15) is 5.75 Å². The van der Waals surface area contributed by atoms with Crippen LogP contribution in [0.2, 0.25) is 0 Å². The second-order valence-electron chi connectivity index (χ2n) is 5.33. The summed E-state index contributed by atoms with van der Waals surface area (Å²) in [5.41, 5.74) is 2.32. The van der Waals surface area contributed by atoms with Crippen molar-refractivity contribution in [3.63, 3.8) is 0 Å². The molecule has 0 bridgehead atoms. The Bertz CT molecular complexity index is 786. The maximum absolute atomic E-state index is 5.46. The molecule has 3 rings (SSSR count). The van der Waals surface area contributed by atoms with E-state index in [1.165, 1.54) is 5.56 Å². The molecule has 0 saturated heterocycles. The Morgan fingerprint density at radius 1 is 1.00 bits per heavy atom. The van der Waals surface area contributed by atoms with Crippen LogP contribution < -0.4 is 4.74 Å². The standard InChI is InChI=1S/C19H21N3OS/c1-3-22-18(16-11-7-8-12-17(16)23-2)20-21-19(22)24-14-13-15-9-5-4-6-10-15/h4-12H,3,13-14H2,1-2H3. The number of hydrogen-bond donors (Lipinski definition) is 0. The molecule has 3 aromatic rings. The normalized spacial score (nSPS) is 10.8. The van der Waals surface area contributed by atoms with Crippen molar-refractivity contribution in [3.05, 3.63) is 60.2 Å². The highest BCUT2D eigenvalue weighted by molar-refractivity contribution is 7.99. The predicted molar refractivity (Wildman–Crippen MR) is 98.6 cm³/mol. The lowest BCUT2D eigenvalue weighted by atomic mass is 10.2. The molecule has 0 unspecified atom stereocenters. The summed E-state index contributed by atoms with van der Waals surface area (Å²) >= 11 is 1.74. The predicted octanol–water partition coefficient (Wildman–Crippen LogP) is 4.31. The molecule has 0 spiro atoms. The second kappa shape index (κ2) is 8.02. The molecule has 0 fully saturated rings. The van der Waals surface area contributed by atoms with Gasteiger partial charge in [-0.05, 0) is 31.0 Å². The van der Waals surface area contributed by atoms with E-state index in [0.29, 0.717) is 0 Å². The van der Waals surface area contributed by atoms with E-state index >= 15 is 0 Å². The molecule has 0 amide bonds. The van der Waals surface area contributed by atoms with Crippen molar-refractivity contribution >= 4 is 11.8 Å². The number of benzene rings is 2. The first-order valence-corrected chi connectivity index (χ1v) is 9.05. The van der Waals surface area contributed by atoms with Gasteiger partial charge >= 0.3 is 0 Å². The number of nitrogens with zero attached hydrogens (tertiary/aromatic N) is 3. The van der Waals surface area contributed by atoms with Gasteiger partial charge < -0.3 is 9.30 Å². The molecule has 0 aliphatic rings. The summed E-state index contributed by atoms with van der Waals surface area (Å²) in [7, 11) is 1.68. The summed E-state index contributed by atoms with van der Waals surface area (Å²) in [6, 6.07) is 18.4.